The first-order valence-corrected chi connectivity index (χ1v) is 11.0. The molecule has 8 nitrogen and oxygen atoms in total. The molecule has 2 heterocycles. The fourth-order valence-corrected chi connectivity index (χ4v) is 5.33. The van der Waals surface area contributed by atoms with Crippen molar-refractivity contribution in [3.05, 3.63) is 54.1 Å². The van der Waals surface area contributed by atoms with Gasteiger partial charge in [0.25, 0.3) is 0 Å². The highest BCUT2D eigenvalue weighted by molar-refractivity contribution is 5.95. The maximum absolute atomic E-state index is 13.5. The first-order valence-electron chi connectivity index (χ1n) is 11.0. The smallest absolute Gasteiger partial charge is 0.325 e. The number of hydrogen-bond acceptors (Lipinski definition) is 6. The van der Waals surface area contributed by atoms with Gasteiger partial charge in [-0.1, -0.05) is 30.3 Å². The van der Waals surface area contributed by atoms with Gasteiger partial charge in [0, 0.05) is 19.2 Å². The number of nitriles is 1. The van der Waals surface area contributed by atoms with E-state index in [2.05, 4.69) is 59.3 Å². The van der Waals surface area contributed by atoms with Crippen LogP contribution in [0.4, 0.5) is 10.5 Å². The number of anilines is 1. The lowest BCUT2D eigenvalue weighted by molar-refractivity contribution is 0.0189. The standard InChI is InChI=1S/C24H30N6O2/c1-28(2)24(19-7-5-4-6-8-19)11-9-23(10-12-24)18-29(22(31)30(23)13-14-32-3)20-16-26-21(15-25)27-17-20/h4-8,16-17H,9-14,18H2,1-3H3/t23-,24+. The van der Waals surface area contributed by atoms with Gasteiger partial charge in [-0.05, 0) is 45.3 Å². The molecule has 1 saturated heterocycles. The molecule has 1 aliphatic carbocycles. The van der Waals surface area contributed by atoms with Crippen molar-refractivity contribution in [2.75, 3.05) is 45.8 Å². The van der Waals surface area contributed by atoms with E-state index >= 15 is 0 Å². The summed E-state index contributed by atoms with van der Waals surface area (Å²) in [5.74, 6) is 0.0997. The minimum atomic E-state index is -0.266. The normalized spacial score (nSPS) is 25.5. The van der Waals surface area contributed by atoms with Crippen LogP contribution in [0.1, 0.15) is 37.1 Å². The van der Waals surface area contributed by atoms with Crippen LogP contribution in [0.2, 0.25) is 0 Å². The van der Waals surface area contributed by atoms with E-state index in [0.29, 0.717) is 25.4 Å². The van der Waals surface area contributed by atoms with Crippen molar-refractivity contribution in [3.63, 3.8) is 0 Å². The van der Waals surface area contributed by atoms with Crippen LogP contribution in [0.5, 0.6) is 0 Å². The zero-order chi connectivity index (χ0) is 22.8. The monoisotopic (exact) mass is 434 g/mol. The summed E-state index contributed by atoms with van der Waals surface area (Å²) in [6.45, 7) is 1.62. The lowest BCUT2D eigenvalue weighted by Crippen LogP contribution is -2.56. The van der Waals surface area contributed by atoms with Crippen LogP contribution >= 0.6 is 0 Å². The molecule has 1 saturated carbocycles. The Morgan fingerprint density at radius 3 is 2.34 bits per heavy atom. The third kappa shape index (κ3) is 3.72. The Morgan fingerprint density at radius 1 is 1.12 bits per heavy atom. The zero-order valence-electron chi connectivity index (χ0n) is 19.0. The van der Waals surface area contributed by atoms with Gasteiger partial charge in [-0.3, -0.25) is 9.80 Å². The van der Waals surface area contributed by atoms with Gasteiger partial charge in [0.2, 0.25) is 5.82 Å². The van der Waals surface area contributed by atoms with Crippen LogP contribution in [-0.4, -0.2) is 72.2 Å². The van der Waals surface area contributed by atoms with Crippen molar-refractivity contribution >= 4 is 11.7 Å². The summed E-state index contributed by atoms with van der Waals surface area (Å²) in [6.07, 6.45) is 6.82. The van der Waals surface area contributed by atoms with Gasteiger partial charge in [0.15, 0.2) is 0 Å². The Kier molecular flexibility index (Phi) is 6.13. The average molecular weight is 435 g/mol. The number of aromatic nitrogens is 2. The van der Waals surface area contributed by atoms with E-state index in [-0.39, 0.29) is 22.9 Å². The molecule has 168 valence electrons. The third-order valence-corrected chi connectivity index (χ3v) is 7.23. The maximum Gasteiger partial charge on any atom is 0.325 e. The molecule has 2 amide bonds. The molecule has 0 N–H and O–H groups in total. The van der Waals surface area contributed by atoms with Crippen molar-refractivity contribution in [2.45, 2.75) is 36.8 Å². The van der Waals surface area contributed by atoms with Crippen molar-refractivity contribution in [3.8, 4) is 6.07 Å². The fraction of sp³-hybridized carbons (Fsp3) is 0.500. The lowest BCUT2D eigenvalue weighted by Gasteiger charge is -2.51. The summed E-state index contributed by atoms with van der Waals surface area (Å²) in [5.41, 5.74) is 1.64. The molecular formula is C24H30N6O2. The molecule has 4 rings (SSSR count). The van der Waals surface area contributed by atoms with E-state index in [1.54, 1.807) is 24.4 Å². The van der Waals surface area contributed by atoms with Gasteiger partial charge in [-0.2, -0.15) is 5.26 Å². The highest BCUT2D eigenvalue weighted by Gasteiger charge is 2.54. The van der Waals surface area contributed by atoms with Crippen LogP contribution in [-0.2, 0) is 10.3 Å². The lowest BCUT2D eigenvalue weighted by atomic mass is 9.68. The van der Waals surface area contributed by atoms with Crippen molar-refractivity contribution in [1.82, 2.24) is 19.8 Å². The second-order valence-corrected chi connectivity index (χ2v) is 8.91. The van der Waals surface area contributed by atoms with Gasteiger partial charge in [0.05, 0.1) is 36.8 Å². The van der Waals surface area contributed by atoms with Gasteiger partial charge in [-0.25, -0.2) is 14.8 Å². The molecular weight excluding hydrogens is 404 g/mol. The summed E-state index contributed by atoms with van der Waals surface area (Å²) in [4.78, 5) is 27.7. The van der Waals surface area contributed by atoms with E-state index in [9.17, 15) is 4.79 Å². The Balaban J connectivity index is 1.63. The van der Waals surface area contributed by atoms with Crippen LogP contribution in [0, 0.1) is 11.3 Å². The molecule has 0 bridgehead atoms. The number of carbonyl (C=O) groups excluding carboxylic acids is 1. The predicted molar refractivity (Wildman–Crippen MR) is 121 cm³/mol. The number of urea groups is 1. The number of rotatable bonds is 6. The van der Waals surface area contributed by atoms with Gasteiger partial charge >= 0.3 is 6.03 Å². The van der Waals surface area contributed by atoms with E-state index in [4.69, 9.17) is 10.00 Å². The number of carbonyl (C=O) groups is 1. The maximum atomic E-state index is 13.5. The third-order valence-electron chi connectivity index (χ3n) is 7.23. The van der Waals surface area contributed by atoms with E-state index in [1.807, 2.05) is 11.0 Å². The van der Waals surface area contributed by atoms with E-state index in [1.165, 1.54) is 5.56 Å². The molecule has 0 unspecified atom stereocenters. The Bertz CT molecular complexity index is 978. The second-order valence-electron chi connectivity index (χ2n) is 8.91. The highest BCUT2D eigenvalue weighted by atomic mass is 16.5. The summed E-state index contributed by atoms with van der Waals surface area (Å²) >= 11 is 0. The molecule has 1 aromatic heterocycles. The van der Waals surface area contributed by atoms with Crippen LogP contribution in [0.15, 0.2) is 42.7 Å². The molecule has 0 radical (unpaired) electrons. The first kappa shape index (κ1) is 22.2. The fourth-order valence-electron chi connectivity index (χ4n) is 5.33. The molecule has 2 fully saturated rings. The van der Waals surface area contributed by atoms with E-state index in [0.717, 1.165) is 25.7 Å². The minimum absolute atomic E-state index is 0.0482. The number of ether oxygens (including phenoxy) is 1. The predicted octanol–water partition coefficient (Wildman–Crippen LogP) is 3.01. The number of methoxy groups -OCH3 is 1. The molecule has 1 aromatic carbocycles. The van der Waals surface area contributed by atoms with Gasteiger partial charge < -0.3 is 9.64 Å². The topological polar surface area (TPSA) is 85.6 Å². The van der Waals surface area contributed by atoms with Crippen LogP contribution in [0.3, 0.4) is 0 Å². The van der Waals surface area contributed by atoms with E-state index < -0.39 is 0 Å². The Morgan fingerprint density at radius 2 is 1.78 bits per heavy atom. The Hall–Kier alpha value is -3.02. The van der Waals surface area contributed by atoms with Crippen molar-refractivity contribution < 1.29 is 9.53 Å². The molecule has 32 heavy (non-hydrogen) atoms. The summed E-state index contributed by atoms with van der Waals surface area (Å²) < 4.78 is 5.32. The molecule has 0 atom stereocenters. The summed E-state index contributed by atoms with van der Waals surface area (Å²) in [6, 6.07) is 12.5. The number of hydrogen-bond donors (Lipinski definition) is 0. The second kappa shape index (κ2) is 8.85. The first-order chi connectivity index (χ1) is 15.5. The molecule has 1 spiro atoms. The summed E-state index contributed by atoms with van der Waals surface area (Å²) in [7, 11) is 5.95. The molecule has 1 aliphatic heterocycles. The molecule has 2 aromatic rings. The summed E-state index contributed by atoms with van der Waals surface area (Å²) in [5, 5.41) is 8.99. The van der Waals surface area contributed by atoms with Crippen molar-refractivity contribution in [2.24, 2.45) is 0 Å². The van der Waals surface area contributed by atoms with Gasteiger partial charge in [-0.15, -0.1) is 0 Å². The molecule has 2 aliphatic rings. The van der Waals surface area contributed by atoms with Gasteiger partial charge in [0.1, 0.15) is 6.07 Å². The zero-order valence-corrected chi connectivity index (χ0v) is 19.0. The highest BCUT2D eigenvalue weighted by Crippen LogP contribution is 2.49. The number of amides is 2. The van der Waals surface area contributed by atoms with Crippen molar-refractivity contribution in [1.29, 1.82) is 5.26 Å². The largest absolute Gasteiger partial charge is 0.383 e. The Labute approximate surface area is 189 Å². The minimum Gasteiger partial charge on any atom is -0.383 e. The van der Waals surface area contributed by atoms with Crippen LogP contribution in [0.25, 0.3) is 0 Å². The van der Waals surface area contributed by atoms with Crippen LogP contribution < -0.4 is 4.90 Å². The number of benzene rings is 1. The quantitative estimate of drug-likeness (QED) is 0.695. The average Bonchev–Trinajstić information content (AvgIpc) is 3.09. The molecule has 8 heteroatoms. The number of nitrogens with zero attached hydrogens (tertiary/aromatic N) is 6. The SMILES string of the molecule is COCCN1C(=O)N(c2cnc(C#N)nc2)C[C@]12CC[C@](c1ccccc1)(N(C)C)CC2.